The number of carbonyl (C=O) groups is 2. The average molecular weight is 360 g/mol. The number of benzene rings is 2. The predicted molar refractivity (Wildman–Crippen MR) is 103 cm³/mol. The lowest BCUT2D eigenvalue weighted by atomic mass is 10.1. The molecule has 0 fully saturated rings. The number of anilines is 2. The third kappa shape index (κ3) is 4.81. The number of fused-ring (bicyclic) bond motifs is 1. The molecule has 5 nitrogen and oxygen atoms in total. The van der Waals surface area contributed by atoms with E-state index in [-0.39, 0.29) is 30.6 Å². The minimum absolute atomic E-state index is 0. The highest BCUT2D eigenvalue weighted by atomic mass is 35.5. The van der Waals surface area contributed by atoms with Gasteiger partial charge in [-0.1, -0.05) is 30.3 Å². The van der Waals surface area contributed by atoms with Gasteiger partial charge in [0.15, 0.2) is 5.78 Å². The smallest absolute Gasteiger partial charge is 0.243 e. The van der Waals surface area contributed by atoms with Gasteiger partial charge in [-0.3, -0.25) is 9.59 Å². The first-order valence-corrected chi connectivity index (χ1v) is 8.08. The van der Waals surface area contributed by atoms with Crippen molar-refractivity contribution in [2.45, 2.75) is 13.5 Å². The van der Waals surface area contributed by atoms with Crippen molar-refractivity contribution in [2.75, 3.05) is 29.9 Å². The number of Topliss-reactive ketones (excluding diaryl/α,β-unsaturated/α-hetero) is 1. The van der Waals surface area contributed by atoms with E-state index >= 15 is 0 Å². The number of para-hydroxylation sites is 1. The van der Waals surface area contributed by atoms with Crippen molar-refractivity contribution < 1.29 is 9.59 Å². The lowest BCUT2D eigenvalue weighted by Gasteiger charge is -2.24. The molecule has 1 heterocycles. The molecule has 1 amide bonds. The van der Waals surface area contributed by atoms with Crippen LogP contribution in [-0.4, -0.2) is 31.3 Å². The maximum Gasteiger partial charge on any atom is 0.243 e. The lowest BCUT2D eigenvalue weighted by Crippen LogP contribution is -2.36. The van der Waals surface area contributed by atoms with Crippen molar-refractivity contribution in [3.63, 3.8) is 0 Å². The van der Waals surface area contributed by atoms with Crippen LogP contribution < -0.4 is 15.5 Å². The third-order valence-electron chi connectivity index (χ3n) is 4.09. The molecular weight excluding hydrogens is 338 g/mol. The molecule has 6 heteroatoms. The molecule has 1 aliphatic rings. The molecule has 3 rings (SSSR count). The molecule has 1 aliphatic heterocycles. The van der Waals surface area contributed by atoms with Gasteiger partial charge in [-0.15, -0.1) is 12.4 Å². The van der Waals surface area contributed by atoms with Gasteiger partial charge in [0.2, 0.25) is 5.91 Å². The van der Waals surface area contributed by atoms with Crippen LogP contribution in [0.3, 0.4) is 0 Å². The van der Waals surface area contributed by atoms with Gasteiger partial charge in [0.1, 0.15) is 0 Å². The number of nitrogens with zero attached hydrogens (tertiary/aromatic N) is 1. The standard InChI is InChI=1S/C19H21N3O2.ClH/c1-14(23)15-6-4-7-17(11-15)21-19(24)13-22-10-9-20-12-16-5-2-3-8-18(16)22;/h2-8,11,20H,9-10,12-13H2,1H3,(H,21,24);1H. The summed E-state index contributed by atoms with van der Waals surface area (Å²) in [6.07, 6.45) is 0. The van der Waals surface area contributed by atoms with E-state index in [2.05, 4.69) is 21.6 Å². The Kier molecular flexibility index (Phi) is 6.56. The maximum absolute atomic E-state index is 12.4. The van der Waals surface area contributed by atoms with Gasteiger partial charge in [-0.2, -0.15) is 0 Å². The number of hydrogen-bond acceptors (Lipinski definition) is 4. The molecule has 0 aliphatic carbocycles. The zero-order valence-electron chi connectivity index (χ0n) is 14.1. The molecule has 0 spiro atoms. The van der Waals surface area contributed by atoms with Crippen LogP contribution in [0.15, 0.2) is 48.5 Å². The molecule has 0 saturated carbocycles. The molecule has 0 atom stereocenters. The van der Waals surface area contributed by atoms with Gasteiger partial charge in [-0.05, 0) is 30.7 Å². The summed E-state index contributed by atoms with van der Waals surface area (Å²) in [5.74, 6) is -0.106. The second-order valence-corrected chi connectivity index (χ2v) is 5.91. The van der Waals surface area contributed by atoms with E-state index in [4.69, 9.17) is 0 Å². The average Bonchev–Trinajstić information content (AvgIpc) is 2.77. The van der Waals surface area contributed by atoms with E-state index in [1.54, 1.807) is 24.3 Å². The molecule has 0 radical (unpaired) electrons. The van der Waals surface area contributed by atoms with Crippen LogP contribution >= 0.6 is 12.4 Å². The Morgan fingerprint density at radius 2 is 1.96 bits per heavy atom. The van der Waals surface area contributed by atoms with Crippen LogP contribution in [0.1, 0.15) is 22.8 Å². The number of hydrogen-bond donors (Lipinski definition) is 2. The van der Waals surface area contributed by atoms with E-state index in [0.717, 1.165) is 25.3 Å². The van der Waals surface area contributed by atoms with Crippen molar-refractivity contribution in [1.82, 2.24) is 5.32 Å². The molecule has 0 aromatic heterocycles. The molecular formula is C19H22ClN3O2. The Morgan fingerprint density at radius 3 is 2.76 bits per heavy atom. The molecule has 0 unspecified atom stereocenters. The minimum atomic E-state index is -0.0904. The number of amides is 1. The summed E-state index contributed by atoms with van der Waals surface area (Å²) in [5, 5.41) is 6.25. The molecule has 0 bridgehead atoms. The summed E-state index contributed by atoms with van der Waals surface area (Å²) < 4.78 is 0. The zero-order valence-corrected chi connectivity index (χ0v) is 14.9. The Hall–Kier alpha value is -2.37. The summed E-state index contributed by atoms with van der Waals surface area (Å²) in [6.45, 7) is 4.22. The van der Waals surface area contributed by atoms with E-state index in [9.17, 15) is 9.59 Å². The fraction of sp³-hybridized carbons (Fsp3) is 0.263. The summed E-state index contributed by atoms with van der Waals surface area (Å²) in [7, 11) is 0. The highest BCUT2D eigenvalue weighted by molar-refractivity contribution is 5.98. The van der Waals surface area contributed by atoms with Crippen LogP contribution in [0.2, 0.25) is 0 Å². The number of nitrogens with one attached hydrogen (secondary N) is 2. The number of rotatable bonds is 4. The normalized spacial score (nSPS) is 13.2. The monoisotopic (exact) mass is 359 g/mol. The van der Waals surface area contributed by atoms with Crippen LogP contribution in [0.4, 0.5) is 11.4 Å². The number of halogens is 1. The van der Waals surface area contributed by atoms with Crippen molar-refractivity contribution >= 4 is 35.5 Å². The van der Waals surface area contributed by atoms with Gasteiger partial charge in [0.25, 0.3) is 0 Å². The van der Waals surface area contributed by atoms with Gasteiger partial charge < -0.3 is 15.5 Å². The minimum Gasteiger partial charge on any atom is -0.361 e. The van der Waals surface area contributed by atoms with Gasteiger partial charge in [0.05, 0.1) is 6.54 Å². The van der Waals surface area contributed by atoms with Crippen LogP contribution in [0.25, 0.3) is 0 Å². The van der Waals surface area contributed by atoms with Gasteiger partial charge >= 0.3 is 0 Å². The Labute approximate surface area is 153 Å². The van der Waals surface area contributed by atoms with E-state index < -0.39 is 0 Å². The molecule has 25 heavy (non-hydrogen) atoms. The largest absolute Gasteiger partial charge is 0.361 e. The lowest BCUT2D eigenvalue weighted by molar-refractivity contribution is -0.115. The first-order chi connectivity index (χ1) is 11.6. The first kappa shape index (κ1) is 19.0. The summed E-state index contributed by atoms with van der Waals surface area (Å²) >= 11 is 0. The van der Waals surface area contributed by atoms with Crippen molar-refractivity contribution in [2.24, 2.45) is 0 Å². The Bertz CT molecular complexity index is 764. The molecule has 2 aromatic carbocycles. The predicted octanol–water partition coefficient (Wildman–Crippen LogP) is 2.86. The van der Waals surface area contributed by atoms with Crippen LogP contribution in [0, 0.1) is 0 Å². The van der Waals surface area contributed by atoms with E-state index in [1.165, 1.54) is 12.5 Å². The van der Waals surface area contributed by atoms with Gasteiger partial charge in [-0.25, -0.2) is 0 Å². The molecule has 2 N–H and O–H groups in total. The zero-order chi connectivity index (χ0) is 16.9. The van der Waals surface area contributed by atoms with Crippen LogP contribution in [0.5, 0.6) is 0 Å². The summed E-state index contributed by atoms with van der Waals surface area (Å²) in [5.41, 5.74) is 3.53. The quantitative estimate of drug-likeness (QED) is 0.824. The molecule has 2 aromatic rings. The highest BCUT2D eigenvalue weighted by Gasteiger charge is 2.17. The number of ketones is 1. The SMILES string of the molecule is CC(=O)c1cccc(NC(=O)CN2CCNCc3ccccc32)c1.Cl. The topological polar surface area (TPSA) is 61.4 Å². The fourth-order valence-corrected chi connectivity index (χ4v) is 2.88. The highest BCUT2D eigenvalue weighted by Crippen LogP contribution is 2.22. The van der Waals surface area contributed by atoms with E-state index in [1.807, 2.05) is 18.2 Å². The second kappa shape index (κ2) is 8.65. The summed E-state index contributed by atoms with van der Waals surface area (Å²) in [6, 6.07) is 15.1. The first-order valence-electron chi connectivity index (χ1n) is 8.08. The maximum atomic E-state index is 12.4. The summed E-state index contributed by atoms with van der Waals surface area (Å²) in [4.78, 5) is 26.0. The third-order valence-corrected chi connectivity index (χ3v) is 4.09. The Balaban J connectivity index is 0.00000225. The Morgan fingerprint density at radius 1 is 1.16 bits per heavy atom. The molecule has 0 saturated heterocycles. The van der Waals surface area contributed by atoms with Crippen molar-refractivity contribution in [3.8, 4) is 0 Å². The fourth-order valence-electron chi connectivity index (χ4n) is 2.88. The number of carbonyl (C=O) groups excluding carboxylic acids is 2. The van der Waals surface area contributed by atoms with Crippen molar-refractivity contribution in [1.29, 1.82) is 0 Å². The van der Waals surface area contributed by atoms with Gasteiger partial charge in [0, 0.05) is 36.6 Å². The van der Waals surface area contributed by atoms with Crippen LogP contribution in [-0.2, 0) is 11.3 Å². The van der Waals surface area contributed by atoms with Crippen molar-refractivity contribution in [3.05, 3.63) is 59.7 Å². The second-order valence-electron chi connectivity index (χ2n) is 5.91. The molecule has 132 valence electrons. The van der Waals surface area contributed by atoms with E-state index in [0.29, 0.717) is 11.3 Å².